The normalized spacial score (nSPS) is 19.4. The molecule has 0 aromatic heterocycles. The number of nitrogens with one attached hydrogen (secondary N) is 2. The molecule has 5 nitrogen and oxygen atoms in total. The van der Waals surface area contributed by atoms with Crippen LogP contribution in [0.5, 0.6) is 0 Å². The molecule has 1 fully saturated rings. The second-order valence-corrected chi connectivity index (χ2v) is 7.39. The molecule has 1 aromatic carbocycles. The maximum Gasteiger partial charge on any atom is 0.491 e. The van der Waals surface area contributed by atoms with Crippen molar-refractivity contribution in [3.8, 4) is 0 Å². The molecule has 7 heteroatoms. The van der Waals surface area contributed by atoms with Gasteiger partial charge in [-0.3, -0.25) is 0 Å². The van der Waals surface area contributed by atoms with Gasteiger partial charge in [-0.15, -0.1) is 0 Å². The minimum Gasteiger partial charge on any atom is -0.400 e. The van der Waals surface area contributed by atoms with Crippen LogP contribution in [0.1, 0.15) is 33.3 Å². The van der Waals surface area contributed by atoms with Crippen molar-refractivity contribution in [1.29, 1.82) is 0 Å². The molecule has 0 aliphatic carbocycles. The summed E-state index contributed by atoms with van der Waals surface area (Å²) in [6.07, 6.45) is 2.09. The lowest BCUT2D eigenvalue weighted by Crippen LogP contribution is -2.41. The van der Waals surface area contributed by atoms with E-state index in [0.29, 0.717) is 6.54 Å². The third-order valence-corrected chi connectivity index (χ3v) is 4.57. The van der Waals surface area contributed by atoms with Gasteiger partial charge in [-0.05, 0) is 70.1 Å². The van der Waals surface area contributed by atoms with E-state index in [2.05, 4.69) is 44.4 Å². The average Bonchev–Trinajstić information content (AvgIpc) is 2.68. The van der Waals surface area contributed by atoms with Gasteiger partial charge >= 0.3 is 7.12 Å². The van der Waals surface area contributed by atoms with Crippen molar-refractivity contribution in [2.45, 2.75) is 38.9 Å². The molecule has 0 unspecified atom stereocenters. The predicted octanol–water partition coefficient (Wildman–Crippen LogP) is 2.58. The minimum absolute atomic E-state index is 0.256. The molecule has 24 heavy (non-hydrogen) atoms. The van der Waals surface area contributed by atoms with Crippen LogP contribution in [0.15, 0.2) is 29.7 Å². The van der Waals surface area contributed by atoms with Gasteiger partial charge in [-0.1, -0.05) is 18.2 Å². The SMILES string of the molecule is CNCC(=Cc1ccc(NC(N)=S)cc1)B1OC(C)(C)C(C)(C)O1. The minimum atomic E-state index is -0.364. The molecule has 130 valence electrons. The Bertz CT molecular complexity index is 613. The molecule has 0 atom stereocenters. The monoisotopic (exact) mass is 347 g/mol. The smallest absolute Gasteiger partial charge is 0.400 e. The predicted molar refractivity (Wildman–Crippen MR) is 105 cm³/mol. The zero-order valence-electron chi connectivity index (χ0n) is 15.0. The van der Waals surface area contributed by atoms with Crippen molar-refractivity contribution in [1.82, 2.24) is 5.32 Å². The molecule has 1 aliphatic rings. The Balaban J connectivity index is 2.21. The number of hydrogen-bond donors (Lipinski definition) is 3. The summed E-state index contributed by atoms with van der Waals surface area (Å²) in [5, 5.41) is 6.35. The van der Waals surface area contributed by atoms with Gasteiger partial charge in [0.05, 0.1) is 11.2 Å². The molecular weight excluding hydrogens is 321 g/mol. The van der Waals surface area contributed by atoms with E-state index in [1.165, 1.54) is 0 Å². The van der Waals surface area contributed by atoms with Crippen molar-refractivity contribution in [3.05, 3.63) is 35.3 Å². The number of anilines is 1. The summed E-state index contributed by atoms with van der Waals surface area (Å²) < 4.78 is 12.3. The Morgan fingerprint density at radius 3 is 2.17 bits per heavy atom. The summed E-state index contributed by atoms with van der Waals surface area (Å²) in [6, 6.07) is 7.88. The van der Waals surface area contributed by atoms with E-state index in [-0.39, 0.29) is 23.4 Å². The Kier molecular flexibility index (Phi) is 5.70. The third-order valence-electron chi connectivity index (χ3n) is 4.47. The summed E-state index contributed by atoms with van der Waals surface area (Å²) in [6.45, 7) is 8.91. The Morgan fingerprint density at radius 2 is 1.71 bits per heavy atom. The highest BCUT2D eigenvalue weighted by molar-refractivity contribution is 7.80. The maximum absolute atomic E-state index is 6.15. The van der Waals surface area contributed by atoms with Gasteiger partial charge in [0.1, 0.15) is 0 Å². The molecule has 2 rings (SSSR count). The first-order chi connectivity index (χ1) is 11.1. The number of nitrogens with two attached hydrogens (primary N) is 1. The van der Waals surface area contributed by atoms with E-state index in [9.17, 15) is 0 Å². The first kappa shape index (κ1) is 18.9. The zero-order chi connectivity index (χ0) is 18.0. The molecule has 0 bridgehead atoms. The standard InChI is InChI=1S/C17H26BN3O2S/c1-16(2)17(3,4)23-18(22-16)13(11-20-5)10-12-6-8-14(9-7-12)21-15(19)24/h6-10,20H,11H2,1-5H3,(H3,19,21,24). The molecule has 1 heterocycles. The van der Waals surface area contributed by atoms with E-state index < -0.39 is 0 Å². The molecule has 1 saturated heterocycles. The fourth-order valence-corrected chi connectivity index (χ4v) is 2.54. The maximum atomic E-state index is 6.15. The molecule has 1 aromatic rings. The van der Waals surface area contributed by atoms with E-state index in [1.807, 2.05) is 31.3 Å². The van der Waals surface area contributed by atoms with Crippen LogP contribution in [0.25, 0.3) is 6.08 Å². The fourth-order valence-electron chi connectivity index (χ4n) is 2.42. The van der Waals surface area contributed by atoms with Crippen LogP contribution in [-0.2, 0) is 9.31 Å². The summed E-state index contributed by atoms with van der Waals surface area (Å²) >= 11 is 4.84. The number of hydrogen-bond acceptors (Lipinski definition) is 4. The quantitative estimate of drug-likeness (QED) is 0.562. The van der Waals surface area contributed by atoms with Gasteiger partial charge in [0.25, 0.3) is 0 Å². The molecule has 4 N–H and O–H groups in total. The van der Waals surface area contributed by atoms with Gasteiger partial charge in [0.15, 0.2) is 5.11 Å². The van der Waals surface area contributed by atoms with Crippen LogP contribution in [0, 0.1) is 0 Å². The number of rotatable bonds is 5. The average molecular weight is 347 g/mol. The molecule has 0 spiro atoms. The first-order valence-electron chi connectivity index (χ1n) is 8.02. The van der Waals surface area contributed by atoms with Gasteiger partial charge in [-0.2, -0.15) is 0 Å². The van der Waals surface area contributed by atoms with Crippen molar-refractivity contribution < 1.29 is 9.31 Å². The molecule has 0 radical (unpaired) electrons. The molecule has 0 amide bonds. The van der Waals surface area contributed by atoms with Gasteiger partial charge in [-0.25, -0.2) is 0 Å². The van der Waals surface area contributed by atoms with E-state index in [4.69, 9.17) is 27.3 Å². The van der Waals surface area contributed by atoms with Crippen molar-refractivity contribution in [3.63, 3.8) is 0 Å². The largest absolute Gasteiger partial charge is 0.491 e. The summed E-state index contributed by atoms with van der Waals surface area (Å²) in [7, 11) is 1.55. The number of benzene rings is 1. The van der Waals surface area contributed by atoms with Crippen molar-refractivity contribution in [2.24, 2.45) is 5.73 Å². The first-order valence-corrected chi connectivity index (χ1v) is 8.43. The molecular formula is C17H26BN3O2S. The third kappa shape index (κ3) is 4.36. The van der Waals surface area contributed by atoms with E-state index >= 15 is 0 Å². The second-order valence-electron chi connectivity index (χ2n) is 6.95. The Morgan fingerprint density at radius 1 is 1.17 bits per heavy atom. The number of likely N-dealkylation sites (N-methyl/N-ethyl adjacent to an activating group) is 1. The van der Waals surface area contributed by atoms with Gasteiger partial charge in [0, 0.05) is 12.2 Å². The highest BCUT2D eigenvalue weighted by Crippen LogP contribution is 2.38. The highest BCUT2D eigenvalue weighted by Gasteiger charge is 2.52. The van der Waals surface area contributed by atoms with Crippen LogP contribution >= 0.6 is 12.2 Å². The molecule has 1 aliphatic heterocycles. The lowest BCUT2D eigenvalue weighted by atomic mass is 9.77. The highest BCUT2D eigenvalue weighted by atomic mass is 32.1. The van der Waals surface area contributed by atoms with Gasteiger partial charge < -0.3 is 25.7 Å². The van der Waals surface area contributed by atoms with Crippen LogP contribution < -0.4 is 16.4 Å². The molecule has 0 saturated carbocycles. The second kappa shape index (κ2) is 7.23. The Labute approximate surface area is 150 Å². The Hall–Kier alpha value is -1.41. The number of thiocarbonyl (C=S) groups is 1. The van der Waals surface area contributed by atoms with Crippen LogP contribution in [0.3, 0.4) is 0 Å². The van der Waals surface area contributed by atoms with Gasteiger partial charge in [0.2, 0.25) is 0 Å². The lowest BCUT2D eigenvalue weighted by molar-refractivity contribution is 0.00578. The lowest BCUT2D eigenvalue weighted by Gasteiger charge is -2.32. The van der Waals surface area contributed by atoms with Crippen LogP contribution in [0.2, 0.25) is 0 Å². The van der Waals surface area contributed by atoms with Crippen LogP contribution in [-0.4, -0.2) is 37.0 Å². The fraction of sp³-hybridized carbons (Fsp3) is 0.471. The zero-order valence-corrected chi connectivity index (χ0v) is 15.8. The summed E-state index contributed by atoms with van der Waals surface area (Å²) in [5.41, 5.74) is 7.75. The summed E-state index contributed by atoms with van der Waals surface area (Å²) in [5.74, 6) is 0. The summed E-state index contributed by atoms with van der Waals surface area (Å²) in [4.78, 5) is 0. The van der Waals surface area contributed by atoms with Crippen molar-refractivity contribution in [2.75, 3.05) is 18.9 Å². The van der Waals surface area contributed by atoms with Crippen molar-refractivity contribution >= 4 is 36.2 Å². The van der Waals surface area contributed by atoms with Crippen LogP contribution in [0.4, 0.5) is 5.69 Å². The van der Waals surface area contributed by atoms with E-state index in [0.717, 1.165) is 16.7 Å². The topological polar surface area (TPSA) is 68.5 Å². The van der Waals surface area contributed by atoms with E-state index in [1.54, 1.807) is 0 Å².